The van der Waals surface area contributed by atoms with Gasteiger partial charge in [-0.15, -0.1) is 0 Å². The molecular weight excluding hydrogens is 411 g/mol. The summed E-state index contributed by atoms with van der Waals surface area (Å²) in [5.74, 6) is 0.0242. The van der Waals surface area contributed by atoms with Gasteiger partial charge in [0, 0.05) is 31.2 Å². The molecule has 2 aromatic heterocycles. The number of amides is 3. The quantitative estimate of drug-likeness (QED) is 0.500. The van der Waals surface area contributed by atoms with Crippen LogP contribution < -0.4 is 5.32 Å². The normalized spacial score (nSPS) is 10.7. The van der Waals surface area contributed by atoms with E-state index in [1.165, 1.54) is 23.1 Å². The Morgan fingerprint density at radius 2 is 1.94 bits per heavy atom. The van der Waals surface area contributed by atoms with Crippen LogP contribution in [-0.4, -0.2) is 39.4 Å². The number of hydrogen-bond donors (Lipinski definition) is 1. The van der Waals surface area contributed by atoms with Gasteiger partial charge in [-0.05, 0) is 48.9 Å². The van der Waals surface area contributed by atoms with Gasteiger partial charge in [0.05, 0.1) is 19.4 Å². The number of aromatic nitrogens is 1. The molecular formula is C24H29FN4O3. The average molecular weight is 441 g/mol. The number of benzene rings is 1. The van der Waals surface area contributed by atoms with E-state index in [0.29, 0.717) is 31.1 Å². The third kappa shape index (κ3) is 6.47. The topological polar surface area (TPSA) is 70.7 Å². The van der Waals surface area contributed by atoms with E-state index < -0.39 is 11.8 Å². The molecule has 1 aromatic carbocycles. The van der Waals surface area contributed by atoms with Crippen molar-refractivity contribution in [1.29, 1.82) is 0 Å². The predicted molar refractivity (Wildman–Crippen MR) is 120 cm³/mol. The molecule has 32 heavy (non-hydrogen) atoms. The van der Waals surface area contributed by atoms with Crippen LogP contribution in [0.15, 0.2) is 65.4 Å². The molecule has 0 fully saturated rings. The third-order valence-corrected chi connectivity index (χ3v) is 5.15. The van der Waals surface area contributed by atoms with Crippen molar-refractivity contribution in [3.63, 3.8) is 0 Å². The Balaban J connectivity index is 1.74. The Morgan fingerprint density at radius 1 is 1.09 bits per heavy atom. The van der Waals surface area contributed by atoms with Crippen LogP contribution in [0.1, 0.15) is 31.2 Å². The highest BCUT2D eigenvalue weighted by molar-refractivity contribution is 5.92. The molecule has 0 radical (unpaired) electrons. The molecule has 3 aromatic rings. The maximum atomic E-state index is 13.5. The molecule has 0 aliphatic heterocycles. The Labute approximate surface area is 187 Å². The van der Waals surface area contributed by atoms with Crippen molar-refractivity contribution in [3.8, 4) is 0 Å². The van der Waals surface area contributed by atoms with Crippen molar-refractivity contribution in [2.45, 2.75) is 32.9 Å². The van der Waals surface area contributed by atoms with E-state index in [9.17, 15) is 14.0 Å². The van der Waals surface area contributed by atoms with Crippen LogP contribution in [0.4, 0.5) is 14.9 Å². The van der Waals surface area contributed by atoms with E-state index in [2.05, 4.69) is 5.32 Å². The number of carbonyl (C=O) groups excluding carboxylic acids is 2. The molecule has 8 heteroatoms. The zero-order valence-corrected chi connectivity index (χ0v) is 18.5. The van der Waals surface area contributed by atoms with E-state index in [-0.39, 0.29) is 12.5 Å². The minimum atomic E-state index is -0.439. The second kappa shape index (κ2) is 11.2. The summed E-state index contributed by atoms with van der Waals surface area (Å²) in [5.41, 5.74) is 1.31. The van der Waals surface area contributed by atoms with Crippen LogP contribution in [0.25, 0.3) is 0 Å². The molecule has 2 heterocycles. The second-order valence-corrected chi connectivity index (χ2v) is 7.66. The van der Waals surface area contributed by atoms with Crippen LogP contribution in [0.2, 0.25) is 0 Å². The van der Waals surface area contributed by atoms with Gasteiger partial charge in [0.2, 0.25) is 5.91 Å². The Kier molecular flexibility index (Phi) is 8.08. The zero-order valence-electron chi connectivity index (χ0n) is 18.5. The van der Waals surface area contributed by atoms with Crippen LogP contribution >= 0.6 is 0 Å². The largest absolute Gasteiger partial charge is 0.467 e. The summed E-state index contributed by atoms with van der Waals surface area (Å²) in [4.78, 5) is 29.3. The highest BCUT2D eigenvalue weighted by atomic mass is 19.1. The molecule has 3 rings (SSSR count). The lowest BCUT2D eigenvalue weighted by Gasteiger charge is -2.27. The molecule has 0 saturated carbocycles. The Hall–Kier alpha value is -3.55. The molecule has 7 nitrogen and oxygen atoms in total. The van der Waals surface area contributed by atoms with Gasteiger partial charge >= 0.3 is 6.03 Å². The lowest BCUT2D eigenvalue weighted by molar-refractivity contribution is -0.133. The van der Waals surface area contributed by atoms with Gasteiger partial charge in [0.1, 0.15) is 18.1 Å². The fourth-order valence-electron chi connectivity index (χ4n) is 3.31. The summed E-state index contributed by atoms with van der Waals surface area (Å²) in [6, 6.07) is 12.7. The fraction of sp³-hybridized carbons (Fsp3) is 0.333. The number of nitrogens with one attached hydrogen (secondary N) is 1. The Bertz CT molecular complexity index is 1020. The van der Waals surface area contributed by atoms with E-state index in [1.807, 2.05) is 42.9 Å². The number of aryl methyl sites for hydroxylation is 1. The van der Waals surface area contributed by atoms with E-state index >= 15 is 0 Å². The number of urea groups is 1. The predicted octanol–water partition coefficient (Wildman–Crippen LogP) is 4.62. The zero-order chi connectivity index (χ0) is 22.9. The van der Waals surface area contributed by atoms with Gasteiger partial charge in [-0.3, -0.25) is 4.79 Å². The molecule has 0 aliphatic carbocycles. The molecule has 0 spiro atoms. The number of anilines is 1. The smallest absolute Gasteiger partial charge is 0.322 e. The van der Waals surface area contributed by atoms with Gasteiger partial charge in [-0.25, -0.2) is 9.18 Å². The van der Waals surface area contributed by atoms with E-state index in [4.69, 9.17) is 4.42 Å². The summed E-state index contributed by atoms with van der Waals surface area (Å²) >= 11 is 0. The van der Waals surface area contributed by atoms with Crippen LogP contribution in [0.5, 0.6) is 0 Å². The molecule has 0 saturated heterocycles. The molecule has 0 atom stereocenters. The van der Waals surface area contributed by atoms with Gasteiger partial charge in [0.25, 0.3) is 0 Å². The number of unbranched alkanes of at least 4 members (excludes halogenated alkanes) is 1. The molecule has 1 N–H and O–H groups in total. The number of hydrogen-bond acceptors (Lipinski definition) is 3. The van der Waals surface area contributed by atoms with Gasteiger partial charge in [-0.1, -0.05) is 19.4 Å². The molecule has 170 valence electrons. The lowest BCUT2D eigenvalue weighted by atomic mass is 10.3. The van der Waals surface area contributed by atoms with Crippen molar-refractivity contribution >= 4 is 17.6 Å². The SMILES string of the molecule is CCCCN(CC(=O)N(Cc1ccco1)Cc1cccn1C)C(=O)Nc1cccc(F)c1. The van der Waals surface area contributed by atoms with Crippen LogP contribution in [0.3, 0.4) is 0 Å². The second-order valence-electron chi connectivity index (χ2n) is 7.66. The number of halogens is 1. The molecule has 3 amide bonds. The summed E-state index contributed by atoms with van der Waals surface area (Å²) in [6.45, 7) is 3.03. The van der Waals surface area contributed by atoms with Gasteiger partial charge in [0.15, 0.2) is 0 Å². The third-order valence-electron chi connectivity index (χ3n) is 5.15. The van der Waals surface area contributed by atoms with Gasteiger partial charge in [-0.2, -0.15) is 0 Å². The minimum Gasteiger partial charge on any atom is -0.467 e. The first-order valence-electron chi connectivity index (χ1n) is 10.7. The van der Waals surface area contributed by atoms with Crippen molar-refractivity contribution in [1.82, 2.24) is 14.4 Å². The fourth-order valence-corrected chi connectivity index (χ4v) is 3.31. The van der Waals surface area contributed by atoms with Crippen molar-refractivity contribution in [2.24, 2.45) is 7.05 Å². The number of carbonyl (C=O) groups is 2. The highest BCUT2D eigenvalue weighted by Gasteiger charge is 2.23. The van der Waals surface area contributed by atoms with Crippen LogP contribution in [-0.2, 0) is 24.9 Å². The summed E-state index contributed by atoms with van der Waals surface area (Å²) < 4.78 is 20.9. The molecule has 0 bridgehead atoms. The first kappa shape index (κ1) is 23.1. The van der Waals surface area contributed by atoms with Crippen molar-refractivity contribution in [2.75, 3.05) is 18.4 Å². The summed E-state index contributed by atoms with van der Waals surface area (Å²) in [5, 5.41) is 2.69. The minimum absolute atomic E-state index is 0.0910. The van der Waals surface area contributed by atoms with E-state index in [1.54, 1.807) is 23.3 Å². The van der Waals surface area contributed by atoms with Crippen molar-refractivity contribution in [3.05, 3.63) is 78.3 Å². The summed E-state index contributed by atoms with van der Waals surface area (Å²) in [6.07, 6.45) is 5.11. The molecule has 0 unspecified atom stereocenters. The van der Waals surface area contributed by atoms with Crippen LogP contribution in [0, 0.1) is 5.82 Å². The maximum absolute atomic E-state index is 13.5. The molecule has 0 aliphatic rings. The number of furan rings is 1. The monoisotopic (exact) mass is 440 g/mol. The first-order chi connectivity index (χ1) is 15.5. The highest BCUT2D eigenvalue weighted by Crippen LogP contribution is 2.14. The average Bonchev–Trinajstić information content (AvgIpc) is 3.42. The van der Waals surface area contributed by atoms with Gasteiger partial charge < -0.3 is 24.1 Å². The number of rotatable bonds is 10. The Morgan fingerprint density at radius 3 is 2.59 bits per heavy atom. The van der Waals surface area contributed by atoms with Crippen molar-refractivity contribution < 1.29 is 18.4 Å². The van der Waals surface area contributed by atoms with E-state index in [0.717, 1.165) is 18.5 Å². The standard InChI is InChI=1S/C24H29FN4O3/c1-3-4-13-28(24(31)26-20-9-5-8-19(25)15-20)18-23(30)29(17-22-11-7-14-32-22)16-21-10-6-12-27(21)2/h5-12,14-15H,3-4,13,16-18H2,1-2H3,(H,26,31). The maximum Gasteiger partial charge on any atom is 0.322 e. The number of nitrogens with zero attached hydrogens (tertiary/aromatic N) is 3. The lowest BCUT2D eigenvalue weighted by Crippen LogP contribution is -2.44. The first-order valence-corrected chi connectivity index (χ1v) is 10.7. The summed E-state index contributed by atoms with van der Waals surface area (Å²) in [7, 11) is 1.92.